The average molecular weight is 370 g/mol. The van der Waals surface area contributed by atoms with Crippen molar-refractivity contribution in [1.29, 1.82) is 0 Å². The molecule has 0 saturated heterocycles. The molecule has 1 aromatic carbocycles. The van der Waals surface area contributed by atoms with E-state index >= 15 is 0 Å². The van der Waals surface area contributed by atoms with Gasteiger partial charge in [-0.15, -0.1) is 11.3 Å². The van der Waals surface area contributed by atoms with Crippen LogP contribution in [0.1, 0.15) is 27.9 Å². The topological polar surface area (TPSA) is 65.1 Å². The van der Waals surface area contributed by atoms with Gasteiger partial charge in [-0.2, -0.15) is 0 Å². The minimum Gasteiger partial charge on any atom is -0.361 e. The van der Waals surface area contributed by atoms with Crippen molar-refractivity contribution in [1.82, 2.24) is 20.6 Å². The highest BCUT2D eigenvalue weighted by Gasteiger charge is 2.06. The van der Waals surface area contributed by atoms with E-state index in [1.54, 1.807) is 11.3 Å². The molecule has 0 aliphatic carbocycles. The molecule has 26 heavy (non-hydrogen) atoms. The molecule has 3 rings (SSSR count). The molecule has 0 saturated carbocycles. The molecule has 0 atom stereocenters. The number of aliphatic imine (C=N–C) groups is 1. The van der Waals surface area contributed by atoms with Crippen molar-refractivity contribution in [3.8, 4) is 0 Å². The third kappa shape index (κ3) is 4.43. The highest BCUT2D eigenvalue weighted by Crippen LogP contribution is 2.21. The van der Waals surface area contributed by atoms with Crippen LogP contribution in [0.4, 0.5) is 0 Å². The zero-order chi connectivity index (χ0) is 18.4. The predicted octanol–water partition coefficient (Wildman–Crippen LogP) is 3.45. The van der Waals surface area contributed by atoms with E-state index in [0.29, 0.717) is 0 Å². The Hall–Kier alpha value is -2.34. The van der Waals surface area contributed by atoms with Gasteiger partial charge in [0.2, 0.25) is 0 Å². The first-order valence-corrected chi connectivity index (χ1v) is 9.96. The Morgan fingerprint density at radius 1 is 1.23 bits per heavy atom. The van der Waals surface area contributed by atoms with Crippen LogP contribution in [-0.4, -0.2) is 36.1 Å². The van der Waals surface area contributed by atoms with Crippen molar-refractivity contribution in [2.45, 2.75) is 33.1 Å². The van der Waals surface area contributed by atoms with Crippen molar-refractivity contribution in [3.63, 3.8) is 0 Å². The lowest BCUT2D eigenvalue weighted by Gasteiger charge is -2.11. The van der Waals surface area contributed by atoms with Gasteiger partial charge in [0.1, 0.15) is 0 Å². The maximum absolute atomic E-state index is 4.46. The van der Waals surface area contributed by atoms with E-state index in [4.69, 9.17) is 0 Å². The van der Waals surface area contributed by atoms with Crippen LogP contribution in [0.2, 0.25) is 0 Å². The van der Waals surface area contributed by atoms with Gasteiger partial charge in [0.15, 0.2) is 5.96 Å². The minimum atomic E-state index is 0.836. The van der Waals surface area contributed by atoms with Crippen LogP contribution in [0.25, 0.3) is 10.9 Å². The zero-order valence-electron chi connectivity index (χ0n) is 15.7. The van der Waals surface area contributed by atoms with Crippen molar-refractivity contribution >= 4 is 28.2 Å². The summed E-state index contributed by atoms with van der Waals surface area (Å²) in [5.41, 5.74) is 3.86. The number of thiazole rings is 1. The van der Waals surface area contributed by atoms with Crippen LogP contribution >= 0.6 is 11.3 Å². The number of H-pyrrole nitrogens is 1. The van der Waals surface area contributed by atoms with E-state index in [1.807, 2.05) is 13.2 Å². The summed E-state index contributed by atoms with van der Waals surface area (Å²) in [6.45, 7) is 5.98. The van der Waals surface area contributed by atoms with E-state index in [0.717, 1.165) is 38.3 Å². The van der Waals surface area contributed by atoms with Gasteiger partial charge in [0.25, 0.3) is 0 Å². The monoisotopic (exact) mass is 369 g/mol. The Morgan fingerprint density at radius 2 is 2.04 bits per heavy atom. The fraction of sp³-hybridized carbons (Fsp3) is 0.400. The van der Waals surface area contributed by atoms with Gasteiger partial charge in [-0.3, -0.25) is 4.99 Å². The molecule has 0 bridgehead atoms. The maximum atomic E-state index is 4.46. The number of rotatable bonds is 7. The summed E-state index contributed by atoms with van der Waals surface area (Å²) in [6, 6.07) is 6.43. The largest absolute Gasteiger partial charge is 0.361 e. The van der Waals surface area contributed by atoms with E-state index in [-0.39, 0.29) is 0 Å². The van der Waals surface area contributed by atoms with Crippen LogP contribution in [0, 0.1) is 6.92 Å². The maximum Gasteiger partial charge on any atom is 0.191 e. The first-order valence-electron chi connectivity index (χ1n) is 9.15. The summed E-state index contributed by atoms with van der Waals surface area (Å²) >= 11 is 1.80. The second-order valence-corrected chi connectivity index (χ2v) is 7.51. The van der Waals surface area contributed by atoms with Gasteiger partial charge < -0.3 is 15.6 Å². The average Bonchev–Trinajstić information content (AvgIpc) is 3.28. The second kappa shape index (κ2) is 8.85. The molecule has 5 nitrogen and oxygen atoms in total. The summed E-state index contributed by atoms with van der Waals surface area (Å²) in [4.78, 5) is 13.5. The lowest BCUT2D eigenvalue weighted by atomic mass is 10.1. The van der Waals surface area contributed by atoms with Crippen LogP contribution < -0.4 is 10.6 Å². The first kappa shape index (κ1) is 18.5. The van der Waals surface area contributed by atoms with Gasteiger partial charge in [-0.1, -0.05) is 25.1 Å². The van der Waals surface area contributed by atoms with E-state index in [9.17, 15) is 0 Å². The quantitative estimate of drug-likeness (QED) is 0.441. The minimum absolute atomic E-state index is 0.836. The highest BCUT2D eigenvalue weighted by atomic mass is 32.1. The van der Waals surface area contributed by atoms with Crippen LogP contribution in [0.3, 0.4) is 0 Å². The van der Waals surface area contributed by atoms with Gasteiger partial charge >= 0.3 is 0 Å². The number of guanidine groups is 1. The third-order valence-corrected chi connectivity index (χ3v) is 5.70. The molecule has 138 valence electrons. The molecule has 3 N–H and O–H groups in total. The molecule has 0 spiro atoms. The van der Waals surface area contributed by atoms with Gasteiger partial charge in [-0.25, -0.2) is 4.98 Å². The van der Waals surface area contributed by atoms with E-state index in [2.05, 4.69) is 63.8 Å². The number of aryl methyl sites for hydroxylation is 2. The van der Waals surface area contributed by atoms with Crippen molar-refractivity contribution in [3.05, 3.63) is 51.6 Å². The van der Waals surface area contributed by atoms with Gasteiger partial charge in [-0.05, 0) is 30.9 Å². The molecule has 0 amide bonds. The van der Waals surface area contributed by atoms with E-state index < -0.39 is 0 Å². The molecule has 2 heterocycles. The highest BCUT2D eigenvalue weighted by molar-refractivity contribution is 7.11. The number of aromatic nitrogens is 2. The summed E-state index contributed by atoms with van der Waals surface area (Å²) in [6.07, 6.45) is 7.03. The van der Waals surface area contributed by atoms with Crippen molar-refractivity contribution in [2.24, 2.45) is 4.99 Å². The molecule has 3 aromatic rings. The van der Waals surface area contributed by atoms with Gasteiger partial charge in [0.05, 0.1) is 5.01 Å². The number of benzene rings is 1. The summed E-state index contributed by atoms with van der Waals surface area (Å²) in [5.74, 6) is 0.841. The second-order valence-electron chi connectivity index (χ2n) is 6.31. The molecule has 0 radical (unpaired) electrons. The first-order chi connectivity index (χ1) is 12.7. The number of nitrogens with one attached hydrogen (secondary N) is 3. The Balaban J connectivity index is 1.45. The normalized spacial score (nSPS) is 11.9. The van der Waals surface area contributed by atoms with Crippen molar-refractivity contribution in [2.75, 3.05) is 20.1 Å². The molecular formula is C20H27N5S. The molecule has 0 fully saturated rings. The lowest BCUT2D eigenvalue weighted by Crippen LogP contribution is -2.39. The third-order valence-electron chi connectivity index (χ3n) is 4.50. The number of hydrogen-bond acceptors (Lipinski definition) is 3. The summed E-state index contributed by atoms with van der Waals surface area (Å²) in [7, 11) is 1.81. The standard InChI is InChI=1S/C20H27N5S/c1-4-16-13-24-18(26-16)9-11-23-20(21-3)22-10-8-15-12-25-19-14(2)6-5-7-17(15)19/h5-7,12-13,25H,4,8-11H2,1-3H3,(H2,21,22,23). The van der Waals surface area contributed by atoms with Gasteiger partial charge in [0, 0.05) is 54.7 Å². The molecular weight excluding hydrogens is 342 g/mol. The number of aromatic amines is 1. The Labute approximate surface area is 159 Å². The van der Waals surface area contributed by atoms with E-state index in [1.165, 1.54) is 31.9 Å². The number of para-hydroxylation sites is 1. The zero-order valence-corrected chi connectivity index (χ0v) is 16.5. The number of nitrogens with zero attached hydrogens (tertiary/aromatic N) is 2. The van der Waals surface area contributed by atoms with Crippen LogP contribution in [0.15, 0.2) is 35.6 Å². The van der Waals surface area contributed by atoms with Crippen molar-refractivity contribution < 1.29 is 0 Å². The van der Waals surface area contributed by atoms with Crippen LogP contribution in [-0.2, 0) is 19.3 Å². The molecule has 0 unspecified atom stereocenters. The Kier molecular flexibility index (Phi) is 6.28. The SMILES string of the molecule is CCc1cnc(CCNC(=NC)NCCc2c[nH]c3c(C)cccc23)s1. The number of hydrogen-bond donors (Lipinski definition) is 3. The predicted molar refractivity (Wildman–Crippen MR) is 111 cm³/mol. The molecule has 0 aliphatic heterocycles. The Morgan fingerprint density at radius 3 is 2.77 bits per heavy atom. The fourth-order valence-corrected chi connectivity index (χ4v) is 3.88. The fourth-order valence-electron chi connectivity index (χ4n) is 3.02. The molecule has 2 aromatic heterocycles. The molecule has 0 aliphatic rings. The lowest BCUT2D eigenvalue weighted by molar-refractivity contribution is 0.783. The van der Waals surface area contributed by atoms with Crippen LogP contribution in [0.5, 0.6) is 0 Å². The Bertz CT molecular complexity index is 877. The summed E-state index contributed by atoms with van der Waals surface area (Å²) in [5, 5.41) is 9.26. The molecule has 6 heteroatoms. The number of fused-ring (bicyclic) bond motifs is 1. The smallest absolute Gasteiger partial charge is 0.191 e. The summed E-state index contributed by atoms with van der Waals surface area (Å²) < 4.78 is 0.